The minimum atomic E-state index is -3.52. The van der Waals surface area contributed by atoms with Crippen LogP contribution < -0.4 is 5.32 Å². The van der Waals surface area contributed by atoms with Crippen molar-refractivity contribution in [2.75, 3.05) is 38.0 Å². The van der Waals surface area contributed by atoms with Gasteiger partial charge in [0.15, 0.2) is 0 Å². The van der Waals surface area contributed by atoms with Gasteiger partial charge in [-0.2, -0.15) is 9.40 Å². The van der Waals surface area contributed by atoms with E-state index < -0.39 is 10.0 Å². The molecular formula is C21H23N5O3S. The predicted octanol–water partition coefficient (Wildman–Crippen LogP) is 1.82. The number of amides is 1. The number of rotatable bonds is 6. The molecule has 0 saturated carbocycles. The molecule has 0 unspecified atom stereocenters. The highest BCUT2D eigenvalue weighted by molar-refractivity contribution is 7.89. The molecule has 2 heterocycles. The van der Waals surface area contributed by atoms with E-state index in [9.17, 15) is 13.2 Å². The van der Waals surface area contributed by atoms with Gasteiger partial charge in [-0.1, -0.05) is 36.4 Å². The number of carbonyl (C=O) groups excluding carboxylic acids is 1. The van der Waals surface area contributed by atoms with Crippen molar-refractivity contribution in [2.45, 2.75) is 4.90 Å². The highest BCUT2D eigenvalue weighted by Gasteiger charge is 2.29. The topological polar surface area (TPSA) is 87.5 Å². The maximum Gasteiger partial charge on any atom is 0.243 e. The van der Waals surface area contributed by atoms with Crippen LogP contribution in [-0.2, 0) is 14.8 Å². The molecule has 30 heavy (non-hydrogen) atoms. The van der Waals surface area contributed by atoms with Crippen molar-refractivity contribution in [1.82, 2.24) is 19.0 Å². The van der Waals surface area contributed by atoms with Crippen molar-refractivity contribution < 1.29 is 13.2 Å². The predicted molar refractivity (Wildman–Crippen MR) is 114 cm³/mol. The van der Waals surface area contributed by atoms with E-state index in [0.717, 1.165) is 5.69 Å². The lowest BCUT2D eigenvalue weighted by Gasteiger charge is -2.34. The summed E-state index contributed by atoms with van der Waals surface area (Å²) in [5.41, 5.74) is 0.938. The summed E-state index contributed by atoms with van der Waals surface area (Å²) in [6, 6.07) is 19.9. The summed E-state index contributed by atoms with van der Waals surface area (Å²) in [5, 5.41) is 7.47. The molecule has 1 aromatic heterocycles. The van der Waals surface area contributed by atoms with Gasteiger partial charge >= 0.3 is 0 Å². The SMILES string of the molecule is O=C(CNc1ccn(-c2ccccc2)n1)N1CCN(S(=O)(=O)c2ccccc2)CC1. The Labute approximate surface area is 175 Å². The van der Waals surface area contributed by atoms with Crippen molar-refractivity contribution >= 4 is 21.7 Å². The Hall–Kier alpha value is -3.17. The van der Waals surface area contributed by atoms with Gasteiger partial charge in [0.05, 0.1) is 17.1 Å². The monoisotopic (exact) mass is 425 g/mol. The van der Waals surface area contributed by atoms with Gasteiger partial charge in [-0.05, 0) is 24.3 Å². The first-order chi connectivity index (χ1) is 14.5. The molecule has 3 aromatic rings. The van der Waals surface area contributed by atoms with Crippen molar-refractivity contribution in [3.63, 3.8) is 0 Å². The van der Waals surface area contributed by atoms with Crippen molar-refractivity contribution in [1.29, 1.82) is 0 Å². The Morgan fingerprint density at radius 3 is 2.20 bits per heavy atom. The van der Waals surface area contributed by atoms with Crippen LogP contribution >= 0.6 is 0 Å². The smallest absolute Gasteiger partial charge is 0.243 e. The number of piperazine rings is 1. The molecule has 156 valence electrons. The number of nitrogens with zero attached hydrogens (tertiary/aromatic N) is 4. The summed E-state index contributed by atoms with van der Waals surface area (Å²) in [7, 11) is -3.52. The fraction of sp³-hybridized carbons (Fsp3) is 0.238. The molecule has 1 aliphatic rings. The zero-order chi connectivity index (χ0) is 21.0. The van der Waals surface area contributed by atoms with Crippen LogP contribution in [0.3, 0.4) is 0 Å². The number of hydrogen-bond acceptors (Lipinski definition) is 5. The standard InChI is InChI=1S/C21H23N5O3S/c27-21(17-22-20-11-12-26(23-20)18-7-3-1-4-8-18)24-13-15-25(16-14-24)30(28,29)19-9-5-2-6-10-19/h1-12H,13-17H2,(H,22,23). The maximum atomic E-state index is 12.7. The number of carbonyl (C=O) groups is 1. The molecule has 2 aromatic carbocycles. The van der Waals surface area contributed by atoms with Crippen molar-refractivity contribution in [3.8, 4) is 5.69 Å². The third-order valence-corrected chi connectivity index (χ3v) is 6.92. The van der Waals surface area contributed by atoms with E-state index >= 15 is 0 Å². The minimum absolute atomic E-state index is 0.0824. The Kier molecular flexibility index (Phi) is 5.82. The third kappa shape index (κ3) is 4.37. The second-order valence-electron chi connectivity index (χ2n) is 6.93. The van der Waals surface area contributed by atoms with Gasteiger partial charge in [0.25, 0.3) is 0 Å². The molecule has 1 amide bonds. The van der Waals surface area contributed by atoms with Crippen molar-refractivity contribution in [3.05, 3.63) is 72.9 Å². The van der Waals surface area contributed by atoms with Crippen LogP contribution in [0.2, 0.25) is 0 Å². The van der Waals surface area contributed by atoms with Crippen molar-refractivity contribution in [2.24, 2.45) is 0 Å². The van der Waals surface area contributed by atoms with E-state index in [1.165, 1.54) is 4.31 Å². The first-order valence-electron chi connectivity index (χ1n) is 9.72. The molecule has 0 spiro atoms. The quantitative estimate of drug-likeness (QED) is 0.651. The number of aromatic nitrogens is 2. The first-order valence-corrected chi connectivity index (χ1v) is 11.2. The zero-order valence-corrected chi connectivity index (χ0v) is 17.2. The lowest BCUT2D eigenvalue weighted by Crippen LogP contribution is -2.51. The van der Waals surface area contributed by atoms with Gasteiger partial charge < -0.3 is 10.2 Å². The molecule has 1 N–H and O–H groups in total. The van der Waals surface area contributed by atoms with E-state index in [2.05, 4.69) is 10.4 Å². The van der Waals surface area contributed by atoms with Crippen LogP contribution in [0.15, 0.2) is 77.8 Å². The summed E-state index contributed by atoms with van der Waals surface area (Å²) in [5.74, 6) is 0.526. The number of sulfonamides is 1. The molecule has 0 atom stereocenters. The molecule has 1 fully saturated rings. The van der Waals surface area contributed by atoms with E-state index in [0.29, 0.717) is 18.9 Å². The van der Waals surface area contributed by atoms with Gasteiger partial charge in [0.1, 0.15) is 5.82 Å². The van der Waals surface area contributed by atoms with Crippen LogP contribution in [0.1, 0.15) is 0 Å². The number of hydrogen-bond donors (Lipinski definition) is 1. The number of nitrogens with one attached hydrogen (secondary N) is 1. The highest BCUT2D eigenvalue weighted by Crippen LogP contribution is 2.17. The van der Waals surface area contributed by atoms with Crippen LogP contribution in [0.25, 0.3) is 5.69 Å². The van der Waals surface area contributed by atoms with Gasteiger partial charge in [0, 0.05) is 38.4 Å². The van der Waals surface area contributed by atoms with Crippen LogP contribution in [0.5, 0.6) is 0 Å². The zero-order valence-electron chi connectivity index (χ0n) is 16.4. The summed E-state index contributed by atoms with van der Waals surface area (Å²) in [4.78, 5) is 14.5. The third-order valence-electron chi connectivity index (χ3n) is 5.00. The molecule has 0 bridgehead atoms. The summed E-state index contributed by atoms with van der Waals surface area (Å²) in [6.45, 7) is 1.41. The summed E-state index contributed by atoms with van der Waals surface area (Å²) in [6.07, 6.45) is 1.83. The van der Waals surface area contributed by atoms with Gasteiger partial charge in [0.2, 0.25) is 15.9 Å². The van der Waals surface area contributed by atoms with E-state index in [1.807, 2.05) is 42.6 Å². The van der Waals surface area contributed by atoms with Gasteiger partial charge in [-0.3, -0.25) is 4.79 Å². The van der Waals surface area contributed by atoms with Crippen LogP contribution in [0.4, 0.5) is 5.82 Å². The molecule has 8 nitrogen and oxygen atoms in total. The molecule has 1 aliphatic heterocycles. The molecule has 1 saturated heterocycles. The lowest BCUT2D eigenvalue weighted by molar-refractivity contribution is -0.130. The maximum absolute atomic E-state index is 12.7. The summed E-state index contributed by atoms with van der Waals surface area (Å²) < 4.78 is 28.6. The fourth-order valence-corrected chi connectivity index (χ4v) is 4.78. The van der Waals surface area contributed by atoms with E-state index in [4.69, 9.17) is 0 Å². The van der Waals surface area contributed by atoms with E-state index in [-0.39, 0.29) is 30.4 Å². The second kappa shape index (κ2) is 8.68. The van der Waals surface area contributed by atoms with Gasteiger partial charge in [-0.15, -0.1) is 0 Å². The molecule has 0 radical (unpaired) electrons. The Bertz CT molecular complexity index is 1090. The number of anilines is 1. The Morgan fingerprint density at radius 2 is 1.53 bits per heavy atom. The number of para-hydroxylation sites is 1. The normalized spacial score (nSPS) is 15.1. The molecular weight excluding hydrogens is 402 g/mol. The van der Waals surface area contributed by atoms with E-state index in [1.54, 1.807) is 39.9 Å². The lowest BCUT2D eigenvalue weighted by atomic mass is 10.3. The van der Waals surface area contributed by atoms with Crippen LogP contribution in [-0.4, -0.2) is 66.0 Å². The average molecular weight is 426 g/mol. The summed E-state index contributed by atoms with van der Waals surface area (Å²) >= 11 is 0. The molecule has 0 aliphatic carbocycles. The first kappa shape index (κ1) is 20.1. The number of benzene rings is 2. The van der Waals surface area contributed by atoms with Crippen LogP contribution in [0, 0.1) is 0 Å². The highest BCUT2D eigenvalue weighted by atomic mass is 32.2. The second-order valence-corrected chi connectivity index (χ2v) is 8.87. The largest absolute Gasteiger partial charge is 0.360 e. The van der Waals surface area contributed by atoms with Gasteiger partial charge in [-0.25, -0.2) is 13.1 Å². The Morgan fingerprint density at radius 1 is 0.900 bits per heavy atom. The molecule has 9 heteroatoms. The average Bonchev–Trinajstić information content (AvgIpc) is 3.28. The Balaban J connectivity index is 1.29. The fourth-order valence-electron chi connectivity index (χ4n) is 3.34. The minimum Gasteiger partial charge on any atom is -0.360 e. The molecule has 4 rings (SSSR count).